The summed E-state index contributed by atoms with van der Waals surface area (Å²) < 4.78 is 5.57. The largest absolute Gasteiger partial charge is 0.381 e. The molecule has 0 spiro atoms. The van der Waals surface area contributed by atoms with Crippen molar-refractivity contribution in [2.45, 2.75) is 38.5 Å². The van der Waals surface area contributed by atoms with Crippen LogP contribution in [0.25, 0.3) is 0 Å². The van der Waals surface area contributed by atoms with Crippen molar-refractivity contribution < 1.29 is 4.74 Å². The Morgan fingerprint density at radius 2 is 1.76 bits per heavy atom. The third kappa shape index (κ3) is 6.70. The van der Waals surface area contributed by atoms with Crippen molar-refractivity contribution in [2.24, 2.45) is 5.92 Å². The molecule has 0 aliphatic rings. The van der Waals surface area contributed by atoms with E-state index in [4.69, 9.17) is 16.3 Å². The van der Waals surface area contributed by atoms with E-state index >= 15 is 0 Å². The second-order valence-corrected chi connectivity index (χ2v) is 5.34. The Morgan fingerprint density at radius 1 is 1.06 bits per heavy atom. The van der Waals surface area contributed by atoms with E-state index in [2.05, 4.69) is 26.0 Å². The highest BCUT2D eigenvalue weighted by Gasteiger charge is 2.06. The summed E-state index contributed by atoms with van der Waals surface area (Å²) in [7, 11) is 0. The highest BCUT2D eigenvalue weighted by atomic mass is 35.5. The van der Waals surface area contributed by atoms with Gasteiger partial charge in [-0.2, -0.15) is 0 Å². The minimum absolute atomic E-state index is 0.116. The number of hydrogen-bond donors (Lipinski definition) is 0. The molecular formula is C15H23ClO. The van der Waals surface area contributed by atoms with Gasteiger partial charge >= 0.3 is 0 Å². The van der Waals surface area contributed by atoms with Crippen LogP contribution in [0, 0.1) is 5.92 Å². The Kier molecular flexibility index (Phi) is 7.30. The molecule has 0 aliphatic carbocycles. The maximum atomic E-state index is 6.31. The summed E-state index contributed by atoms with van der Waals surface area (Å²) in [5.41, 5.74) is 1.20. The van der Waals surface area contributed by atoms with Gasteiger partial charge in [0, 0.05) is 13.2 Å². The summed E-state index contributed by atoms with van der Waals surface area (Å²) in [6.07, 6.45) is 3.15. The van der Waals surface area contributed by atoms with Crippen LogP contribution in [0.15, 0.2) is 30.3 Å². The fourth-order valence-corrected chi connectivity index (χ4v) is 1.91. The van der Waals surface area contributed by atoms with Crippen LogP contribution in [0.3, 0.4) is 0 Å². The molecule has 1 unspecified atom stereocenters. The van der Waals surface area contributed by atoms with Crippen LogP contribution in [0.5, 0.6) is 0 Å². The van der Waals surface area contributed by atoms with Gasteiger partial charge in [0.15, 0.2) is 0 Å². The Morgan fingerprint density at radius 3 is 2.41 bits per heavy atom. The first-order chi connectivity index (χ1) is 8.20. The van der Waals surface area contributed by atoms with E-state index < -0.39 is 0 Å². The lowest BCUT2D eigenvalue weighted by molar-refractivity contribution is 0.120. The van der Waals surface area contributed by atoms with Crippen LogP contribution in [-0.2, 0) is 4.74 Å². The molecule has 0 heterocycles. The van der Waals surface area contributed by atoms with Gasteiger partial charge in [-0.3, -0.25) is 0 Å². The predicted octanol–water partition coefficient (Wildman–Crippen LogP) is 4.81. The van der Waals surface area contributed by atoms with E-state index in [0.717, 1.165) is 38.4 Å². The lowest BCUT2D eigenvalue weighted by atomic mass is 10.1. The SMILES string of the molecule is CC(C)CCOCCCC(Cl)c1ccccc1. The van der Waals surface area contributed by atoms with Crippen LogP contribution in [-0.4, -0.2) is 13.2 Å². The molecule has 0 aliphatic heterocycles. The lowest BCUT2D eigenvalue weighted by Gasteiger charge is -2.10. The van der Waals surface area contributed by atoms with Crippen LogP contribution < -0.4 is 0 Å². The molecule has 1 atom stereocenters. The van der Waals surface area contributed by atoms with Crippen LogP contribution >= 0.6 is 11.6 Å². The Labute approximate surface area is 110 Å². The van der Waals surface area contributed by atoms with E-state index in [1.54, 1.807) is 0 Å². The Bertz CT molecular complexity index is 284. The standard InChI is InChI=1S/C15H23ClO/c1-13(2)10-12-17-11-6-9-15(16)14-7-4-3-5-8-14/h3-5,7-8,13,15H,6,9-12H2,1-2H3. The zero-order chi connectivity index (χ0) is 12.5. The summed E-state index contributed by atoms with van der Waals surface area (Å²) in [4.78, 5) is 0. The fraction of sp³-hybridized carbons (Fsp3) is 0.600. The van der Waals surface area contributed by atoms with Crippen LogP contribution in [0.1, 0.15) is 44.1 Å². The minimum atomic E-state index is 0.116. The normalized spacial score (nSPS) is 12.9. The topological polar surface area (TPSA) is 9.23 Å². The van der Waals surface area contributed by atoms with Gasteiger partial charge in [0.2, 0.25) is 0 Å². The molecule has 1 rings (SSSR count). The highest BCUT2D eigenvalue weighted by molar-refractivity contribution is 6.20. The number of hydrogen-bond acceptors (Lipinski definition) is 1. The quantitative estimate of drug-likeness (QED) is 0.478. The molecule has 0 radical (unpaired) electrons. The van der Waals surface area contributed by atoms with Crippen molar-refractivity contribution >= 4 is 11.6 Å². The number of ether oxygens (including phenoxy) is 1. The Hall–Kier alpha value is -0.530. The van der Waals surface area contributed by atoms with E-state index in [9.17, 15) is 0 Å². The van der Waals surface area contributed by atoms with Crippen molar-refractivity contribution in [1.29, 1.82) is 0 Å². The molecule has 0 N–H and O–H groups in total. The highest BCUT2D eigenvalue weighted by Crippen LogP contribution is 2.24. The van der Waals surface area contributed by atoms with E-state index in [1.165, 1.54) is 5.56 Å². The van der Waals surface area contributed by atoms with Gasteiger partial charge in [-0.25, -0.2) is 0 Å². The predicted molar refractivity (Wildman–Crippen MR) is 74.5 cm³/mol. The average Bonchev–Trinajstić information content (AvgIpc) is 2.34. The van der Waals surface area contributed by atoms with Crippen LogP contribution in [0.2, 0.25) is 0 Å². The first-order valence-electron chi connectivity index (χ1n) is 6.47. The maximum absolute atomic E-state index is 6.31. The molecule has 2 heteroatoms. The van der Waals surface area contributed by atoms with Crippen LogP contribution in [0.4, 0.5) is 0 Å². The average molecular weight is 255 g/mol. The number of alkyl halides is 1. The summed E-state index contributed by atoms with van der Waals surface area (Å²) in [6.45, 7) is 6.12. The third-order valence-electron chi connectivity index (χ3n) is 2.75. The second-order valence-electron chi connectivity index (χ2n) is 4.82. The number of rotatable bonds is 8. The first-order valence-corrected chi connectivity index (χ1v) is 6.90. The molecule has 1 aromatic carbocycles. The van der Waals surface area contributed by atoms with E-state index in [-0.39, 0.29) is 5.38 Å². The minimum Gasteiger partial charge on any atom is -0.381 e. The first kappa shape index (κ1) is 14.5. The number of benzene rings is 1. The summed E-state index contributed by atoms with van der Waals surface area (Å²) in [5.74, 6) is 0.722. The molecule has 1 aromatic rings. The van der Waals surface area contributed by atoms with Gasteiger partial charge < -0.3 is 4.74 Å². The van der Waals surface area contributed by atoms with Gasteiger partial charge in [-0.05, 0) is 30.7 Å². The number of halogens is 1. The molecule has 0 fully saturated rings. The maximum Gasteiger partial charge on any atom is 0.0586 e. The van der Waals surface area contributed by atoms with E-state index in [0.29, 0.717) is 0 Å². The van der Waals surface area contributed by atoms with Gasteiger partial charge in [0.1, 0.15) is 0 Å². The van der Waals surface area contributed by atoms with Gasteiger partial charge in [0.25, 0.3) is 0 Å². The van der Waals surface area contributed by atoms with Gasteiger partial charge in [-0.1, -0.05) is 44.2 Å². The van der Waals surface area contributed by atoms with Gasteiger partial charge in [-0.15, -0.1) is 11.6 Å². The monoisotopic (exact) mass is 254 g/mol. The van der Waals surface area contributed by atoms with Crippen molar-refractivity contribution in [2.75, 3.05) is 13.2 Å². The second kappa shape index (κ2) is 8.54. The zero-order valence-electron chi connectivity index (χ0n) is 10.9. The lowest BCUT2D eigenvalue weighted by Crippen LogP contribution is -2.01. The summed E-state index contributed by atoms with van der Waals surface area (Å²) in [6, 6.07) is 10.2. The van der Waals surface area contributed by atoms with Crippen molar-refractivity contribution in [3.8, 4) is 0 Å². The van der Waals surface area contributed by atoms with Crippen molar-refractivity contribution in [3.05, 3.63) is 35.9 Å². The molecule has 96 valence electrons. The summed E-state index contributed by atoms with van der Waals surface area (Å²) in [5, 5.41) is 0.116. The Balaban J connectivity index is 2.07. The smallest absolute Gasteiger partial charge is 0.0586 e. The zero-order valence-corrected chi connectivity index (χ0v) is 11.6. The molecule has 0 aromatic heterocycles. The molecule has 0 saturated carbocycles. The molecule has 0 amide bonds. The molecular weight excluding hydrogens is 232 g/mol. The van der Waals surface area contributed by atoms with Crippen molar-refractivity contribution in [1.82, 2.24) is 0 Å². The van der Waals surface area contributed by atoms with E-state index in [1.807, 2.05) is 18.2 Å². The van der Waals surface area contributed by atoms with Crippen molar-refractivity contribution in [3.63, 3.8) is 0 Å². The molecule has 0 bridgehead atoms. The van der Waals surface area contributed by atoms with Gasteiger partial charge in [0.05, 0.1) is 5.38 Å². The summed E-state index contributed by atoms with van der Waals surface area (Å²) >= 11 is 6.31. The molecule has 0 saturated heterocycles. The third-order valence-corrected chi connectivity index (χ3v) is 3.22. The fourth-order valence-electron chi connectivity index (χ4n) is 1.61. The molecule has 1 nitrogen and oxygen atoms in total. The molecule has 17 heavy (non-hydrogen) atoms.